The summed E-state index contributed by atoms with van der Waals surface area (Å²) in [4.78, 5) is 6.62. The number of fused-ring (bicyclic) bond motifs is 1. The summed E-state index contributed by atoms with van der Waals surface area (Å²) in [6.07, 6.45) is 0.935. The van der Waals surface area contributed by atoms with Crippen LogP contribution in [0, 0.1) is 0 Å². The number of aliphatic hydroxyl groups excluding tert-OH is 2. The van der Waals surface area contributed by atoms with Crippen LogP contribution in [0.3, 0.4) is 0 Å². The lowest BCUT2D eigenvalue weighted by Crippen LogP contribution is -2.22. The van der Waals surface area contributed by atoms with Gasteiger partial charge in [0.25, 0.3) is 0 Å². The summed E-state index contributed by atoms with van der Waals surface area (Å²) in [6.45, 7) is -0.183. The van der Waals surface area contributed by atoms with Gasteiger partial charge in [0.15, 0.2) is 0 Å². The normalized spacial score (nSPS) is 14.2. The van der Waals surface area contributed by atoms with E-state index in [0.717, 1.165) is 0 Å². The molecule has 88 valence electrons. The molecule has 0 radical (unpaired) electrons. The zero-order valence-corrected chi connectivity index (χ0v) is 8.88. The Hall–Kier alpha value is -2.08. The molecule has 2 unspecified atom stereocenters. The first-order chi connectivity index (χ1) is 8.24. The van der Waals surface area contributed by atoms with Gasteiger partial charge in [0.05, 0.1) is 24.5 Å². The molecule has 0 bridgehead atoms. The Morgan fingerprint density at radius 1 is 1.47 bits per heavy atom. The first-order valence-corrected chi connectivity index (χ1v) is 5.03. The van der Waals surface area contributed by atoms with Crippen LogP contribution in [-0.4, -0.2) is 32.2 Å². The van der Waals surface area contributed by atoms with Crippen LogP contribution in [0.4, 0.5) is 0 Å². The highest BCUT2D eigenvalue weighted by atomic mass is 16.3. The fourth-order valence-electron chi connectivity index (χ4n) is 1.59. The van der Waals surface area contributed by atoms with Gasteiger partial charge in [-0.25, -0.2) is 4.98 Å². The van der Waals surface area contributed by atoms with Crippen LogP contribution in [0.5, 0.6) is 0 Å². The van der Waals surface area contributed by atoms with Crippen molar-refractivity contribution in [1.29, 1.82) is 0 Å². The molecule has 2 aromatic rings. The first kappa shape index (κ1) is 11.4. The molecular weight excluding hydrogens is 222 g/mol. The molecular formula is C10H11N5O2. The molecule has 0 aliphatic carbocycles. The van der Waals surface area contributed by atoms with Gasteiger partial charge in [-0.05, 0) is 17.7 Å². The second-order valence-corrected chi connectivity index (χ2v) is 3.54. The van der Waals surface area contributed by atoms with Crippen molar-refractivity contribution in [3.8, 4) is 0 Å². The SMILES string of the molecule is [N-]=[N+]=NCC(O)C(O)c1cnc2ccccn12. The fraction of sp³-hybridized carbons (Fsp3) is 0.300. The predicted octanol–water partition coefficient (Wildman–Crippen LogP) is 1.04. The number of aliphatic hydroxyl groups is 2. The van der Waals surface area contributed by atoms with E-state index >= 15 is 0 Å². The predicted molar refractivity (Wildman–Crippen MR) is 60.2 cm³/mol. The topological polar surface area (TPSA) is 107 Å². The Kier molecular flexibility index (Phi) is 3.24. The van der Waals surface area contributed by atoms with E-state index in [9.17, 15) is 10.2 Å². The molecule has 7 heteroatoms. The van der Waals surface area contributed by atoms with Crippen LogP contribution in [0.25, 0.3) is 16.1 Å². The van der Waals surface area contributed by atoms with Gasteiger partial charge in [-0.15, -0.1) is 0 Å². The number of rotatable bonds is 4. The molecule has 2 atom stereocenters. The second kappa shape index (κ2) is 4.84. The van der Waals surface area contributed by atoms with Gasteiger partial charge in [-0.3, -0.25) is 0 Å². The van der Waals surface area contributed by atoms with Crippen LogP contribution < -0.4 is 0 Å². The summed E-state index contributed by atoms with van der Waals surface area (Å²) in [5, 5.41) is 22.8. The fourth-order valence-corrected chi connectivity index (χ4v) is 1.59. The quantitative estimate of drug-likeness (QED) is 0.468. The monoisotopic (exact) mass is 233 g/mol. The van der Waals surface area contributed by atoms with Crippen LogP contribution in [-0.2, 0) is 0 Å². The van der Waals surface area contributed by atoms with E-state index in [0.29, 0.717) is 11.3 Å². The third kappa shape index (κ3) is 2.21. The molecule has 0 fully saturated rings. The number of azide groups is 1. The van der Waals surface area contributed by atoms with Crippen molar-refractivity contribution in [2.75, 3.05) is 6.54 Å². The minimum Gasteiger partial charge on any atom is -0.390 e. The third-order valence-corrected chi connectivity index (χ3v) is 2.45. The molecule has 2 rings (SSSR count). The number of hydrogen-bond donors (Lipinski definition) is 2. The zero-order valence-electron chi connectivity index (χ0n) is 8.88. The highest BCUT2D eigenvalue weighted by molar-refractivity contribution is 5.40. The van der Waals surface area contributed by atoms with Gasteiger partial charge >= 0.3 is 0 Å². The molecule has 0 aromatic carbocycles. The Balaban J connectivity index is 2.29. The van der Waals surface area contributed by atoms with E-state index < -0.39 is 12.2 Å². The van der Waals surface area contributed by atoms with Crippen LogP contribution in [0.2, 0.25) is 0 Å². The van der Waals surface area contributed by atoms with E-state index in [-0.39, 0.29) is 6.54 Å². The number of nitrogens with zero attached hydrogens (tertiary/aromatic N) is 5. The Labute approximate surface area is 96.6 Å². The molecule has 0 amide bonds. The minimum absolute atomic E-state index is 0.183. The minimum atomic E-state index is -1.15. The van der Waals surface area contributed by atoms with Crippen molar-refractivity contribution in [1.82, 2.24) is 9.38 Å². The average Bonchev–Trinajstić information content (AvgIpc) is 2.78. The Bertz CT molecular complexity index is 561. The van der Waals surface area contributed by atoms with E-state index in [1.165, 1.54) is 6.20 Å². The Morgan fingerprint density at radius 2 is 2.29 bits per heavy atom. The third-order valence-electron chi connectivity index (χ3n) is 2.45. The van der Waals surface area contributed by atoms with Gasteiger partial charge in [0.1, 0.15) is 11.8 Å². The number of imidazole rings is 1. The molecule has 2 aromatic heterocycles. The lowest BCUT2D eigenvalue weighted by Gasteiger charge is -2.15. The molecule has 7 nitrogen and oxygen atoms in total. The maximum absolute atomic E-state index is 9.91. The van der Waals surface area contributed by atoms with Gasteiger partial charge in [0.2, 0.25) is 0 Å². The van der Waals surface area contributed by atoms with Crippen LogP contribution >= 0.6 is 0 Å². The lowest BCUT2D eigenvalue weighted by atomic mass is 10.1. The van der Waals surface area contributed by atoms with Gasteiger partial charge in [0, 0.05) is 11.1 Å². The van der Waals surface area contributed by atoms with Crippen molar-refractivity contribution < 1.29 is 10.2 Å². The van der Waals surface area contributed by atoms with Gasteiger partial charge in [-0.2, -0.15) is 0 Å². The summed E-state index contributed by atoms with van der Waals surface area (Å²) in [5.41, 5.74) is 9.29. The van der Waals surface area contributed by atoms with E-state index in [1.54, 1.807) is 22.7 Å². The van der Waals surface area contributed by atoms with Gasteiger partial charge in [-0.1, -0.05) is 11.2 Å². The molecule has 2 N–H and O–H groups in total. The molecule has 0 aliphatic rings. The average molecular weight is 233 g/mol. The summed E-state index contributed by atoms with van der Waals surface area (Å²) >= 11 is 0. The van der Waals surface area contributed by atoms with Crippen molar-refractivity contribution in [2.24, 2.45) is 5.11 Å². The zero-order chi connectivity index (χ0) is 12.3. The molecule has 17 heavy (non-hydrogen) atoms. The number of hydrogen-bond acceptors (Lipinski definition) is 4. The van der Waals surface area contributed by atoms with Crippen molar-refractivity contribution >= 4 is 5.65 Å². The van der Waals surface area contributed by atoms with Crippen molar-refractivity contribution in [2.45, 2.75) is 12.2 Å². The standard InChI is InChI=1S/C10H11N5O2/c11-14-13-6-8(16)10(17)7-5-12-9-3-1-2-4-15(7)9/h1-5,8,10,16-17H,6H2. The molecule has 0 saturated carbocycles. The van der Waals surface area contributed by atoms with E-state index in [4.69, 9.17) is 5.53 Å². The van der Waals surface area contributed by atoms with Crippen molar-refractivity contribution in [3.05, 3.63) is 46.7 Å². The first-order valence-electron chi connectivity index (χ1n) is 5.03. The maximum atomic E-state index is 9.91. The van der Waals surface area contributed by atoms with Crippen LogP contribution in [0.1, 0.15) is 11.8 Å². The summed E-state index contributed by atoms with van der Waals surface area (Å²) in [7, 11) is 0. The van der Waals surface area contributed by atoms with E-state index in [2.05, 4.69) is 15.0 Å². The maximum Gasteiger partial charge on any atom is 0.136 e. The highest BCUT2D eigenvalue weighted by Crippen LogP contribution is 2.18. The largest absolute Gasteiger partial charge is 0.390 e. The molecule has 0 aliphatic heterocycles. The summed E-state index contributed by atoms with van der Waals surface area (Å²) < 4.78 is 1.67. The highest BCUT2D eigenvalue weighted by Gasteiger charge is 2.20. The second-order valence-electron chi connectivity index (χ2n) is 3.54. The lowest BCUT2D eigenvalue weighted by molar-refractivity contribution is 0.0213. The Morgan fingerprint density at radius 3 is 3.06 bits per heavy atom. The van der Waals surface area contributed by atoms with Crippen LogP contribution in [0.15, 0.2) is 35.7 Å². The number of aromatic nitrogens is 2. The summed E-state index contributed by atoms with van der Waals surface area (Å²) in [5.74, 6) is 0. The van der Waals surface area contributed by atoms with E-state index in [1.807, 2.05) is 6.07 Å². The van der Waals surface area contributed by atoms with Crippen molar-refractivity contribution in [3.63, 3.8) is 0 Å². The smallest absolute Gasteiger partial charge is 0.136 e. The molecule has 2 heterocycles. The molecule has 0 spiro atoms. The summed E-state index contributed by atoms with van der Waals surface area (Å²) in [6, 6.07) is 5.41. The van der Waals surface area contributed by atoms with Gasteiger partial charge < -0.3 is 14.6 Å². The number of pyridine rings is 1. The molecule has 0 saturated heterocycles.